The summed E-state index contributed by atoms with van der Waals surface area (Å²) < 4.78 is 6.29. The Morgan fingerprint density at radius 2 is 1.83 bits per heavy atom. The molecular weight excluding hydrogens is 512 g/mol. The maximum atomic E-state index is 12.7. The van der Waals surface area contributed by atoms with Crippen LogP contribution in [0.25, 0.3) is 0 Å². The van der Waals surface area contributed by atoms with Gasteiger partial charge in [0.05, 0.1) is 11.7 Å². The zero-order valence-electron chi connectivity index (χ0n) is 19.1. The Balaban J connectivity index is 1.36. The van der Waals surface area contributed by atoms with Crippen molar-refractivity contribution in [2.45, 2.75) is 28.5 Å². The predicted octanol–water partition coefficient (Wildman–Crippen LogP) is 6.48. The van der Waals surface area contributed by atoms with E-state index in [1.54, 1.807) is 6.20 Å². The van der Waals surface area contributed by atoms with Gasteiger partial charge in [-0.05, 0) is 72.9 Å². The number of pyridine rings is 1. The van der Waals surface area contributed by atoms with Crippen LogP contribution in [0.3, 0.4) is 0 Å². The number of hydrogen-bond donors (Lipinski definition) is 2. The number of benzene rings is 2. The quantitative estimate of drug-likeness (QED) is 0.251. The van der Waals surface area contributed by atoms with Crippen molar-refractivity contribution in [2.24, 2.45) is 0 Å². The van der Waals surface area contributed by atoms with Crippen molar-refractivity contribution in [1.29, 1.82) is 0 Å². The van der Waals surface area contributed by atoms with Crippen molar-refractivity contribution in [2.75, 3.05) is 11.9 Å². The molecule has 2 aromatic heterocycles. The van der Waals surface area contributed by atoms with Crippen molar-refractivity contribution in [3.05, 3.63) is 108 Å². The second-order valence-electron chi connectivity index (χ2n) is 8.20. The van der Waals surface area contributed by atoms with Crippen LogP contribution in [-0.2, 0) is 4.79 Å². The lowest BCUT2D eigenvalue weighted by molar-refractivity contribution is -0.116. The molecule has 1 saturated heterocycles. The van der Waals surface area contributed by atoms with E-state index in [1.165, 1.54) is 11.8 Å². The molecule has 0 aliphatic carbocycles. The van der Waals surface area contributed by atoms with Crippen LogP contribution in [0.4, 0.5) is 5.69 Å². The molecule has 182 valence electrons. The van der Waals surface area contributed by atoms with Gasteiger partial charge in [-0.2, -0.15) is 0 Å². The number of anilines is 1. The lowest BCUT2D eigenvalue weighted by Gasteiger charge is -2.25. The monoisotopic (exact) mass is 534 g/mol. The molecule has 4 aromatic rings. The highest BCUT2D eigenvalue weighted by atomic mass is 35.5. The molecule has 0 radical (unpaired) electrons. The van der Waals surface area contributed by atoms with Gasteiger partial charge in [-0.25, -0.2) is 0 Å². The van der Waals surface area contributed by atoms with Crippen LogP contribution in [0.5, 0.6) is 0 Å². The number of halogens is 1. The highest BCUT2D eigenvalue weighted by Gasteiger charge is 2.41. The van der Waals surface area contributed by atoms with Crippen molar-refractivity contribution >= 4 is 52.3 Å². The largest absolute Gasteiger partial charge is 0.452 e. The zero-order chi connectivity index (χ0) is 24.9. The van der Waals surface area contributed by atoms with E-state index in [9.17, 15) is 4.79 Å². The molecule has 3 heterocycles. The van der Waals surface area contributed by atoms with Gasteiger partial charge in [0.15, 0.2) is 10.2 Å². The van der Waals surface area contributed by atoms with Crippen LogP contribution in [0.2, 0.25) is 5.02 Å². The number of thiocarbonyl (C=S) groups is 1. The van der Waals surface area contributed by atoms with E-state index in [-0.39, 0.29) is 24.4 Å². The summed E-state index contributed by atoms with van der Waals surface area (Å²) in [6, 6.07) is 26.3. The van der Waals surface area contributed by atoms with E-state index in [0.29, 0.717) is 16.7 Å². The van der Waals surface area contributed by atoms with Crippen molar-refractivity contribution in [3.8, 4) is 0 Å². The maximum absolute atomic E-state index is 12.7. The smallest absolute Gasteiger partial charge is 0.226 e. The standard InChI is InChI=1S/C27H23ClN4O2S2/c28-18-9-11-20(12-10-18)36-24-14-13-22(34-24)26-25(21-8-4-5-16-29-21)31-27(35)32(26)17-15-23(33)30-19-6-2-1-3-7-19/h1-14,16,25-26H,15,17H2,(H,30,33)(H,31,35)/t25-,26+/m1/s1. The second kappa shape index (κ2) is 11.2. The first-order valence-corrected chi connectivity index (χ1v) is 13.0. The third kappa shape index (κ3) is 5.73. The van der Waals surface area contributed by atoms with Crippen LogP contribution < -0.4 is 10.6 Å². The summed E-state index contributed by atoms with van der Waals surface area (Å²) in [5.41, 5.74) is 1.62. The molecule has 0 spiro atoms. The highest BCUT2D eigenvalue weighted by Crippen LogP contribution is 2.41. The third-order valence-corrected chi connectivity index (χ3v) is 7.29. The molecule has 6 nitrogen and oxygen atoms in total. The predicted molar refractivity (Wildman–Crippen MR) is 146 cm³/mol. The Hall–Kier alpha value is -3.33. The second-order valence-corrected chi connectivity index (χ2v) is 10.1. The van der Waals surface area contributed by atoms with Gasteiger partial charge in [0.1, 0.15) is 11.8 Å². The number of amides is 1. The zero-order valence-corrected chi connectivity index (χ0v) is 21.5. The minimum Gasteiger partial charge on any atom is -0.452 e. The molecule has 1 aliphatic heterocycles. The van der Waals surface area contributed by atoms with Gasteiger partial charge in [-0.3, -0.25) is 9.78 Å². The molecule has 5 rings (SSSR count). The Labute approximate surface area is 224 Å². The van der Waals surface area contributed by atoms with Crippen LogP contribution in [0, 0.1) is 0 Å². The molecule has 1 fully saturated rings. The average molecular weight is 535 g/mol. The summed E-state index contributed by atoms with van der Waals surface area (Å²) in [6.07, 6.45) is 2.03. The fourth-order valence-electron chi connectivity index (χ4n) is 4.09. The summed E-state index contributed by atoms with van der Waals surface area (Å²) in [6.45, 7) is 0.429. The third-order valence-electron chi connectivity index (χ3n) is 5.76. The summed E-state index contributed by atoms with van der Waals surface area (Å²) in [4.78, 5) is 20.2. The summed E-state index contributed by atoms with van der Waals surface area (Å²) in [5.74, 6) is 0.667. The van der Waals surface area contributed by atoms with Crippen LogP contribution in [0.15, 0.2) is 106 Å². The first kappa shape index (κ1) is 24.4. The van der Waals surface area contributed by atoms with E-state index >= 15 is 0 Å². The number of para-hydroxylation sites is 1. The van der Waals surface area contributed by atoms with E-state index in [2.05, 4.69) is 15.6 Å². The minimum atomic E-state index is -0.253. The topological polar surface area (TPSA) is 70.4 Å². The van der Waals surface area contributed by atoms with E-state index < -0.39 is 0 Å². The number of aromatic nitrogens is 1. The molecule has 1 amide bonds. The lowest BCUT2D eigenvalue weighted by Crippen LogP contribution is -2.32. The van der Waals surface area contributed by atoms with Crippen LogP contribution in [0.1, 0.15) is 30.0 Å². The number of carbonyl (C=O) groups is 1. The molecule has 36 heavy (non-hydrogen) atoms. The Morgan fingerprint density at radius 3 is 2.58 bits per heavy atom. The molecule has 2 N–H and O–H groups in total. The number of furan rings is 1. The molecule has 2 aromatic carbocycles. The van der Waals surface area contributed by atoms with Gasteiger partial charge < -0.3 is 20.0 Å². The minimum absolute atomic E-state index is 0.0811. The molecule has 0 bridgehead atoms. The molecular formula is C27H23ClN4O2S2. The van der Waals surface area contributed by atoms with Gasteiger partial charge in [0.2, 0.25) is 5.91 Å². The molecule has 0 unspecified atom stereocenters. The van der Waals surface area contributed by atoms with Crippen LogP contribution in [-0.4, -0.2) is 27.4 Å². The van der Waals surface area contributed by atoms with Gasteiger partial charge in [0.25, 0.3) is 0 Å². The lowest BCUT2D eigenvalue weighted by atomic mass is 10.0. The van der Waals surface area contributed by atoms with E-state index in [0.717, 1.165) is 27.1 Å². The Bertz CT molecular complexity index is 1330. The van der Waals surface area contributed by atoms with E-state index in [4.69, 9.17) is 28.2 Å². The van der Waals surface area contributed by atoms with Crippen molar-refractivity contribution in [3.63, 3.8) is 0 Å². The van der Waals surface area contributed by atoms with Crippen molar-refractivity contribution in [1.82, 2.24) is 15.2 Å². The van der Waals surface area contributed by atoms with Gasteiger partial charge >= 0.3 is 0 Å². The summed E-state index contributed by atoms with van der Waals surface area (Å²) in [5, 5.41) is 8.33. The molecule has 9 heteroatoms. The molecule has 1 aliphatic rings. The fourth-order valence-corrected chi connectivity index (χ4v) is 5.33. The molecule has 2 atom stereocenters. The number of nitrogens with one attached hydrogen (secondary N) is 2. The average Bonchev–Trinajstić information content (AvgIpc) is 3.49. The normalized spacial score (nSPS) is 17.1. The SMILES string of the molecule is O=C(CCN1C(=S)N[C@H](c2ccccn2)[C@@H]1c1ccc(Sc2ccc(Cl)cc2)o1)Nc1ccccc1. The summed E-state index contributed by atoms with van der Waals surface area (Å²) in [7, 11) is 0. The van der Waals surface area contributed by atoms with Gasteiger partial charge in [0, 0.05) is 34.8 Å². The van der Waals surface area contributed by atoms with Gasteiger partial charge in [-0.1, -0.05) is 47.6 Å². The number of hydrogen-bond acceptors (Lipinski definition) is 5. The number of nitrogens with zero attached hydrogens (tertiary/aromatic N) is 2. The Morgan fingerprint density at radius 1 is 1.06 bits per heavy atom. The Kier molecular flexibility index (Phi) is 7.55. The highest BCUT2D eigenvalue weighted by molar-refractivity contribution is 7.99. The first-order valence-electron chi connectivity index (χ1n) is 11.4. The fraction of sp³-hybridized carbons (Fsp3) is 0.148. The van der Waals surface area contributed by atoms with Gasteiger partial charge in [-0.15, -0.1) is 0 Å². The first-order chi connectivity index (χ1) is 17.6. The number of rotatable bonds is 8. The van der Waals surface area contributed by atoms with Crippen LogP contribution >= 0.6 is 35.6 Å². The van der Waals surface area contributed by atoms with Crippen molar-refractivity contribution < 1.29 is 9.21 Å². The van der Waals surface area contributed by atoms with E-state index in [1.807, 2.05) is 89.8 Å². The molecule has 0 saturated carbocycles. The number of carbonyl (C=O) groups excluding carboxylic acids is 1. The summed E-state index contributed by atoms with van der Waals surface area (Å²) >= 11 is 13.2. The maximum Gasteiger partial charge on any atom is 0.226 e.